The molecule has 1 aliphatic heterocycles. The van der Waals surface area contributed by atoms with Gasteiger partial charge in [-0.05, 0) is 42.5 Å². The van der Waals surface area contributed by atoms with Crippen LogP contribution in [0.5, 0.6) is 11.5 Å². The average Bonchev–Trinajstić information content (AvgIpc) is 2.74. The lowest BCUT2D eigenvalue weighted by molar-refractivity contribution is 0.102. The minimum atomic E-state index is -0.289. The molecule has 2 heterocycles. The van der Waals surface area contributed by atoms with Crippen LogP contribution in [0.15, 0.2) is 60.8 Å². The number of nitrogens with zero attached hydrogens (tertiary/aromatic N) is 2. The smallest absolute Gasteiger partial charge is 0.255 e. The van der Waals surface area contributed by atoms with Crippen LogP contribution < -0.4 is 20.1 Å². The van der Waals surface area contributed by atoms with Gasteiger partial charge >= 0.3 is 0 Å². The van der Waals surface area contributed by atoms with Crippen LogP contribution in [0.25, 0.3) is 0 Å². The molecule has 0 atom stereocenters. The molecule has 2 N–H and O–H groups in total. The number of rotatable bonds is 4. The van der Waals surface area contributed by atoms with Crippen molar-refractivity contribution in [3.05, 3.63) is 71.9 Å². The Kier molecular flexibility index (Phi) is 4.76. The molecule has 1 amide bonds. The highest BCUT2D eigenvalue weighted by molar-refractivity contribution is 6.04. The highest BCUT2D eigenvalue weighted by atomic mass is 16.6. The Morgan fingerprint density at radius 1 is 1.00 bits per heavy atom. The number of hydrogen-bond acceptors (Lipinski definition) is 6. The van der Waals surface area contributed by atoms with E-state index in [1.165, 1.54) is 0 Å². The number of nitrogens with one attached hydrogen (secondary N) is 2. The van der Waals surface area contributed by atoms with Gasteiger partial charge in [-0.25, -0.2) is 4.98 Å². The monoisotopic (exact) mass is 372 g/mol. The van der Waals surface area contributed by atoms with Crippen molar-refractivity contribution in [2.24, 2.45) is 0 Å². The zero-order chi connectivity index (χ0) is 19.3. The molecule has 0 saturated heterocycles. The second-order valence-electron chi connectivity index (χ2n) is 6.06. The molecule has 0 unspecified atom stereocenters. The number of amides is 1. The predicted molar refractivity (Wildman–Crippen MR) is 104 cm³/mol. The van der Waals surface area contributed by atoms with Crippen LogP contribution in [-0.4, -0.2) is 24.1 Å². The number of anilines is 3. The van der Waals surface area contributed by atoms with Gasteiger partial charge in [0.15, 0.2) is 11.5 Å². The van der Waals surface area contributed by atoms with Gasteiger partial charge in [-0.3, -0.25) is 4.79 Å². The van der Waals surface area contributed by atoms with Crippen molar-refractivity contribution in [2.75, 3.05) is 23.8 Å². The number of fused-ring (bicyclic) bond motifs is 1. The first-order chi connectivity index (χ1) is 13.7. The molecule has 0 fully saturated rings. The Hall–Kier alpha value is -4.05. The number of aromatic nitrogens is 1. The van der Waals surface area contributed by atoms with Crippen LogP contribution in [0.2, 0.25) is 0 Å². The van der Waals surface area contributed by atoms with E-state index >= 15 is 0 Å². The number of carbonyl (C=O) groups is 1. The Morgan fingerprint density at radius 2 is 1.86 bits per heavy atom. The molecule has 1 aliphatic rings. The van der Waals surface area contributed by atoms with Crippen molar-refractivity contribution in [1.29, 1.82) is 5.26 Å². The van der Waals surface area contributed by atoms with Crippen LogP contribution in [0.3, 0.4) is 0 Å². The molecule has 28 heavy (non-hydrogen) atoms. The van der Waals surface area contributed by atoms with Gasteiger partial charge in [0, 0.05) is 29.2 Å². The molecule has 3 aromatic rings. The maximum atomic E-state index is 12.5. The van der Waals surface area contributed by atoms with E-state index in [0.29, 0.717) is 47.3 Å². The zero-order valence-electron chi connectivity index (χ0n) is 14.8. The molecule has 0 bridgehead atoms. The number of benzene rings is 2. The van der Waals surface area contributed by atoms with Gasteiger partial charge in [-0.2, -0.15) is 5.26 Å². The summed E-state index contributed by atoms with van der Waals surface area (Å²) in [5, 5.41) is 14.9. The molecular formula is C21H16N4O3. The molecule has 7 nitrogen and oxygen atoms in total. The summed E-state index contributed by atoms with van der Waals surface area (Å²) in [6.45, 7) is 1.05. The molecule has 7 heteroatoms. The van der Waals surface area contributed by atoms with Gasteiger partial charge in [0.25, 0.3) is 5.91 Å². The molecule has 0 radical (unpaired) electrons. The summed E-state index contributed by atoms with van der Waals surface area (Å²) >= 11 is 0. The van der Waals surface area contributed by atoms with E-state index in [2.05, 4.69) is 15.6 Å². The van der Waals surface area contributed by atoms with E-state index in [1.54, 1.807) is 42.6 Å². The fourth-order valence-electron chi connectivity index (χ4n) is 2.78. The van der Waals surface area contributed by atoms with E-state index < -0.39 is 0 Å². The van der Waals surface area contributed by atoms with E-state index in [0.717, 1.165) is 5.69 Å². The largest absolute Gasteiger partial charge is 0.486 e. The third-order valence-corrected chi connectivity index (χ3v) is 4.09. The predicted octanol–water partition coefficient (Wildman–Crippen LogP) is 3.72. The van der Waals surface area contributed by atoms with Crippen molar-refractivity contribution in [2.45, 2.75) is 0 Å². The van der Waals surface area contributed by atoms with Crippen LogP contribution in [0, 0.1) is 11.3 Å². The van der Waals surface area contributed by atoms with Crippen molar-refractivity contribution < 1.29 is 14.3 Å². The first-order valence-corrected chi connectivity index (χ1v) is 8.65. The van der Waals surface area contributed by atoms with E-state index in [-0.39, 0.29) is 5.91 Å². The van der Waals surface area contributed by atoms with Gasteiger partial charge in [-0.15, -0.1) is 0 Å². The van der Waals surface area contributed by atoms with Gasteiger partial charge in [0.1, 0.15) is 19.0 Å². The minimum Gasteiger partial charge on any atom is -0.486 e. The minimum absolute atomic E-state index is 0.289. The topological polar surface area (TPSA) is 96.3 Å². The van der Waals surface area contributed by atoms with E-state index in [9.17, 15) is 4.79 Å². The normalized spacial score (nSPS) is 12.0. The van der Waals surface area contributed by atoms with Crippen molar-refractivity contribution in [1.82, 2.24) is 4.98 Å². The number of hydrogen-bond donors (Lipinski definition) is 2. The van der Waals surface area contributed by atoms with Gasteiger partial charge < -0.3 is 20.1 Å². The fraction of sp³-hybridized carbons (Fsp3) is 0.0952. The molecule has 1 aromatic heterocycles. The zero-order valence-corrected chi connectivity index (χ0v) is 14.8. The molecule has 0 spiro atoms. The second kappa shape index (κ2) is 7.68. The lowest BCUT2D eigenvalue weighted by Crippen LogP contribution is -2.15. The number of ether oxygens (including phenoxy) is 2. The molecule has 4 rings (SSSR count). The Bertz CT molecular complexity index is 1080. The fourth-order valence-corrected chi connectivity index (χ4v) is 2.78. The summed E-state index contributed by atoms with van der Waals surface area (Å²) in [7, 11) is 0. The van der Waals surface area contributed by atoms with Crippen molar-refractivity contribution >= 4 is 23.1 Å². The third kappa shape index (κ3) is 3.86. The number of nitriles is 1. The second-order valence-corrected chi connectivity index (χ2v) is 6.06. The molecule has 138 valence electrons. The highest BCUT2D eigenvalue weighted by Crippen LogP contribution is 2.33. The summed E-state index contributed by atoms with van der Waals surface area (Å²) in [6, 6.07) is 17.6. The highest BCUT2D eigenvalue weighted by Gasteiger charge is 2.13. The lowest BCUT2D eigenvalue weighted by Gasteiger charge is -2.19. The van der Waals surface area contributed by atoms with Gasteiger partial charge in [0.05, 0.1) is 11.6 Å². The van der Waals surface area contributed by atoms with Crippen molar-refractivity contribution in [3.63, 3.8) is 0 Å². The average molecular weight is 372 g/mol. The summed E-state index contributed by atoms with van der Waals surface area (Å²) in [5.41, 5.74) is 2.25. The first-order valence-electron chi connectivity index (χ1n) is 8.65. The van der Waals surface area contributed by atoms with Gasteiger partial charge in [-0.1, -0.05) is 6.07 Å². The maximum Gasteiger partial charge on any atom is 0.255 e. The number of carbonyl (C=O) groups excluding carboxylic acids is 1. The van der Waals surface area contributed by atoms with E-state index in [1.807, 2.05) is 24.3 Å². The van der Waals surface area contributed by atoms with Crippen molar-refractivity contribution in [3.8, 4) is 17.6 Å². The molecule has 2 aromatic carbocycles. The van der Waals surface area contributed by atoms with Crippen LogP contribution >= 0.6 is 0 Å². The third-order valence-electron chi connectivity index (χ3n) is 4.09. The Balaban J connectivity index is 1.49. The van der Waals surface area contributed by atoms with Gasteiger partial charge in [0.2, 0.25) is 0 Å². The molecule has 0 aliphatic carbocycles. The quantitative estimate of drug-likeness (QED) is 0.725. The summed E-state index contributed by atoms with van der Waals surface area (Å²) in [4.78, 5) is 16.8. The molecule has 0 saturated carbocycles. The maximum absolute atomic E-state index is 12.5. The molecular weight excluding hydrogens is 356 g/mol. The van der Waals surface area contributed by atoms with Crippen LogP contribution in [0.4, 0.5) is 17.2 Å². The first kappa shape index (κ1) is 17.4. The Labute approximate surface area is 161 Å². The summed E-state index contributed by atoms with van der Waals surface area (Å²) < 4.78 is 11.1. The number of pyridine rings is 1. The SMILES string of the molecule is N#Cc1cccc(NC(=O)c2ccnc(Nc3ccc4c(c3)OCCO4)c2)c1. The van der Waals surface area contributed by atoms with E-state index in [4.69, 9.17) is 14.7 Å². The standard InChI is InChI=1S/C21H16N4O3/c22-13-14-2-1-3-16(10-14)25-21(26)15-6-7-23-20(11-15)24-17-4-5-18-19(12-17)28-9-8-27-18/h1-7,10-12H,8-9H2,(H,23,24)(H,25,26). The van der Waals surface area contributed by atoms with Crippen LogP contribution in [-0.2, 0) is 0 Å². The summed E-state index contributed by atoms with van der Waals surface area (Å²) in [6.07, 6.45) is 1.56. The van der Waals surface area contributed by atoms with Crippen LogP contribution in [0.1, 0.15) is 15.9 Å². The summed E-state index contributed by atoms with van der Waals surface area (Å²) in [5.74, 6) is 1.61. The lowest BCUT2D eigenvalue weighted by atomic mass is 10.2. The Morgan fingerprint density at radius 3 is 2.71 bits per heavy atom.